The van der Waals surface area contributed by atoms with Crippen molar-refractivity contribution >= 4 is 17.3 Å². The molecular formula is C25H29N5S. The van der Waals surface area contributed by atoms with Gasteiger partial charge >= 0.3 is 0 Å². The van der Waals surface area contributed by atoms with Crippen LogP contribution in [0, 0.1) is 13.8 Å². The van der Waals surface area contributed by atoms with E-state index in [1.54, 1.807) is 0 Å². The third-order valence-electron chi connectivity index (χ3n) is 6.83. The van der Waals surface area contributed by atoms with E-state index >= 15 is 0 Å². The topological polar surface area (TPSA) is 46.0 Å². The fraction of sp³-hybridized carbons (Fsp3) is 0.400. The van der Waals surface area contributed by atoms with E-state index in [1.165, 1.54) is 48.2 Å². The third-order valence-corrected chi connectivity index (χ3v) is 7.18. The van der Waals surface area contributed by atoms with E-state index in [2.05, 4.69) is 68.9 Å². The minimum Gasteiger partial charge on any atom is -0.352 e. The minimum absolute atomic E-state index is 0.0214. The maximum Gasteiger partial charge on any atom is 0.170 e. The summed E-state index contributed by atoms with van der Waals surface area (Å²) in [5, 5.41) is 4.37. The van der Waals surface area contributed by atoms with E-state index in [0.29, 0.717) is 6.04 Å². The highest BCUT2D eigenvalue weighted by Crippen LogP contribution is 2.43. The van der Waals surface area contributed by atoms with E-state index in [-0.39, 0.29) is 12.1 Å². The molecule has 1 saturated carbocycles. The van der Waals surface area contributed by atoms with E-state index in [4.69, 9.17) is 12.2 Å². The molecule has 3 aromatic rings. The Labute approximate surface area is 189 Å². The second-order valence-corrected chi connectivity index (χ2v) is 9.13. The molecule has 0 unspecified atom stereocenters. The smallest absolute Gasteiger partial charge is 0.170 e. The average Bonchev–Trinajstić information content (AvgIpc) is 3.49. The first-order valence-corrected chi connectivity index (χ1v) is 11.6. The summed E-state index contributed by atoms with van der Waals surface area (Å²) in [5.74, 6) is 0. The number of aryl methyl sites for hydroxylation is 1. The highest BCUT2D eigenvalue weighted by atomic mass is 32.1. The van der Waals surface area contributed by atoms with Crippen molar-refractivity contribution in [3.8, 4) is 0 Å². The lowest BCUT2D eigenvalue weighted by atomic mass is 9.96. The molecule has 4 heterocycles. The lowest BCUT2D eigenvalue weighted by Crippen LogP contribution is -2.29. The van der Waals surface area contributed by atoms with Crippen LogP contribution >= 0.6 is 12.2 Å². The van der Waals surface area contributed by atoms with Crippen LogP contribution in [0.15, 0.2) is 55.0 Å². The molecule has 2 aliphatic rings. The van der Waals surface area contributed by atoms with Crippen molar-refractivity contribution in [3.63, 3.8) is 0 Å². The predicted octanol–water partition coefficient (Wildman–Crippen LogP) is 5.18. The van der Waals surface area contributed by atoms with Gasteiger partial charge in [-0.25, -0.2) is 0 Å². The van der Waals surface area contributed by atoms with Crippen LogP contribution in [-0.2, 0) is 6.54 Å². The Morgan fingerprint density at radius 1 is 1.06 bits per heavy atom. The lowest BCUT2D eigenvalue weighted by molar-refractivity contribution is 0.309. The normalized spacial score (nSPS) is 21.6. The molecule has 2 fully saturated rings. The quantitative estimate of drug-likeness (QED) is 0.564. The molecule has 31 heavy (non-hydrogen) atoms. The second kappa shape index (κ2) is 8.42. The molecule has 1 saturated heterocycles. The number of hydrogen-bond donors (Lipinski definition) is 1. The molecule has 0 aromatic carbocycles. The monoisotopic (exact) mass is 431 g/mol. The zero-order chi connectivity index (χ0) is 21.4. The van der Waals surface area contributed by atoms with Crippen LogP contribution in [0.2, 0.25) is 0 Å². The Bertz CT molecular complexity index is 1060. The number of thiocarbonyl (C=S) groups is 1. The van der Waals surface area contributed by atoms with Crippen molar-refractivity contribution < 1.29 is 0 Å². The van der Waals surface area contributed by atoms with Crippen molar-refractivity contribution in [1.29, 1.82) is 0 Å². The van der Waals surface area contributed by atoms with Gasteiger partial charge in [0.2, 0.25) is 0 Å². The molecule has 6 heteroatoms. The van der Waals surface area contributed by atoms with Gasteiger partial charge in [-0.2, -0.15) is 0 Å². The van der Waals surface area contributed by atoms with Crippen molar-refractivity contribution in [1.82, 2.24) is 24.8 Å². The summed E-state index contributed by atoms with van der Waals surface area (Å²) in [6.07, 6.45) is 10.8. The van der Waals surface area contributed by atoms with E-state index in [9.17, 15) is 0 Å². The second-order valence-electron chi connectivity index (χ2n) is 8.74. The lowest BCUT2D eigenvalue weighted by Gasteiger charge is -2.28. The van der Waals surface area contributed by atoms with Gasteiger partial charge < -0.3 is 14.8 Å². The summed E-state index contributed by atoms with van der Waals surface area (Å²) >= 11 is 5.85. The van der Waals surface area contributed by atoms with Gasteiger partial charge in [0.25, 0.3) is 0 Å². The van der Waals surface area contributed by atoms with Crippen molar-refractivity contribution in [3.05, 3.63) is 83.2 Å². The SMILES string of the molecule is Cc1cc([C@@H]2[C@@H](c3ccccn3)NC(=S)N2Cc2ccncc2)c(C)n1C1CCCC1. The number of nitrogens with one attached hydrogen (secondary N) is 1. The molecule has 3 aromatic heterocycles. The van der Waals surface area contributed by atoms with Crippen molar-refractivity contribution in [2.24, 2.45) is 0 Å². The Balaban J connectivity index is 1.58. The van der Waals surface area contributed by atoms with E-state index in [0.717, 1.165) is 17.4 Å². The Kier molecular flexibility index (Phi) is 5.48. The van der Waals surface area contributed by atoms with Gasteiger partial charge in [-0.3, -0.25) is 9.97 Å². The highest BCUT2D eigenvalue weighted by Gasteiger charge is 2.41. The Morgan fingerprint density at radius 3 is 2.55 bits per heavy atom. The maximum atomic E-state index is 5.85. The first kappa shape index (κ1) is 20.2. The van der Waals surface area contributed by atoms with Gasteiger partial charge in [0.05, 0.1) is 17.8 Å². The standard InChI is InChI=1S/C25H29N5S/c1-17-15-21(18(2)30(17)20-7-3-4-8-20)24-23(22-9-5-6-12-27-22)28-25(31)29(24)16-19-10-13-26-14-11-19/h5-6,9-15,20,23-24H,3-4,7-8,16H2,1-2H3,(H,28,31)/t23-,24-/m1/s1. The first-order chi connectivity index (χ1) is 15.1. The summed E-state index contributed by atoms with van der Waals surface area (Å²) < 4.78 is 2.57. The summed E-state index contributed by atoms with van der Waals surface area (Å²) in [5.41, 5.74) is 6.29. The predicted molar refractivity (Wildman–Crippen MR) is 127 cm³/mol. The summed E-state index contributed by atoms with van der Waals surface area (Å²) in [6.45, 7) is 5.27. The third kappa shape index (κ3) is 3.74. The number of rotatable bonds is 5. The van der Waals surface area contributed by atoms with Crippen LogP contribution in [0.3, 0.4) is 0 Å². The Hall–Kier alpha value is -2.73. The number of aromatic nitrogens is 3. The average molecular weight is 432 g/mol. The van der Waals surface area contributed by atoms with Gasteiger partial charge in [-0.05, 0) is 80.4 Å². The largest absolute Gasteiger partial charge is 0.352 e. The fourth-order valence-electron chi connectivity index (χ4n) is 5.43. The van der Waals surface area contributed by atoms with E-state index in [1.807, 2.05) is 24.7 Å². The molecule has 0 radical (unpaired) electrons. The van der Waals surface area contributed by atoms with Crippen LogP contribution in [0.5, 0.6) is 0 Å². The van der Waals surface area contributed by atoms with Crippen LogP contribution in [0.4, 0.5) is 0 Å². The maximum absolute atomic E-state index is 5.85. The molecule has 1 aliphatic heterocycles. The molecule has 0 bridgehead atoms. The zero-order valence-electron chi connectivity index (χ0n) is 18.2. The van der Waals surface area contributed by atoms with Crippen molar-refractivity contribution in [2.75, 3.05) is 0 Å². The molecule has 2 atom stereocenters. The van der Waals surface area contributed by atoms with Gasteiger partial charge in [-0.15, -0.1) is 0 Å². The first-order valence-electron chi connectivity index (χ1n) is 11.2. The summed E-state index contributed by atoms with van der Waals surface area (Å²) in [4.78, 5) is 11.2. The molecule has 160 valence electrons. The summed E-state index contributed by atoms with van der Waals surface area (Å²) in [6, 6.07) is 13.4. The van der Waals surface area contributed by atoms with Crippen LogP contribution in [0.25, 0.3) is 0 Å². The number of hydrogen-bond acceptors (Lipinski definition) is 3. The molecule has 1 aliphatic carbocycles. The van der Waals surface area contributed by atoms with Gasteiger partial charge in [0, 0.05) is 42.6 Å². The van der Waals surface area contributed by atoms with Gasteiger partial charge in [-0.1, -0.05) is 18.9 Å². The molecule has 5 nitrogen and oxygen atoms in total. The zero-order valence-corrected chi connectivity index (χ0v) is 19.0. The van der Waals surface area contributed by atoms with Gasteiger partial charge in [0.1, 0.15) is 0 Å². The van der Waals surface area contributed by atoms with Crippen LogP contribution in [0.1, 0.15) is 72.0 Å². The highest BCUT2D eigenvalue weighted by molar-refractivity contribution is 7.80. The molecule has 1 N–H and O–H groups in total. The van der Waals surface area contributed by atoms with Crippen LogP contribution < -0.4 is 5.32 Å². The minimum atomic E-state index is 0.0214. The van der Waals surface area contributed by atoms with Crippen LogP contribution in [-0.4, -0.2) is 24.5 Å². The molecule has 0 spiro atoms. The van der Waals surface area contributed by atoms with E-state index < -0.39 is 0 Å². The van der Waals surface area contributed by atoms with Gasteiger partial charge in [0.15, 0.2) is 5.11 Å². The van der Waals surface area contributed by atoms with Crippen molar-refractivity contribution in [2.45, 2.75) is 64.2 Å². The number of nitrogens with zero attached hydrogens (tertiary/aromatic N) is 4. The Morgan fingerprint density at radius 2 is 1.84 bits per heavy atom. The summed E-state index contributed by atoms with van der Waals surface area (Å²) in [7, 11) is 0. The number of pyridine rings is 2. The molecular weight excluding hydrogens is 402 g/mol. The fourth-order valence-corrected chi connectivity index (χ4v) is 5.73. The molecule has 5 rings (SSSR count). The molecule has 0 amide bonds.